The SMILES string of the molecule is Cc1ccc([N+](=O)[O-])cc1NC(C)(C(=O)O)C(F)(F)F. The number of nitro groups is 1. The number of nitro benzene ring substituents is 1. The number of hydrogen-bond donors (Lipinski definition) is 2. The molecule has 0 aromatic heterocycles. The zero-order chi connectivity index (χ0) is 15.7. The molecule has 1 unspecified atom stereocenters. The van der Waals surface area contributed by atoms with Crippen LogP contribution in [0, 0.1) is 17.0 Å². The molecule has 0 heterocycles. The van der Waals surface area contributed by atoms with Gasteiger partial charge in [0, 0.05) is 17.8 Å². The minimum atomic E-state index is -5.07. The molecule has 6 nitrogen and oxygen atoms in total. The normalized spacial score (nSPS) is 14.4. The van der Waals surface area contributed by atoms with Gasteiger partial charge in [-0.05, 0) is 19.4 Å². The number of hydrogen-bond acceptors (Lipinski definition) is 4. The van der Waals surface area contributed by atoms with Crippen LogP contribution in [0.3, 0.4) is 0 Å². The van der Waals surface area contributed by atoms with E-state index >= 15 is 0 Å². The highest BCUT2D eigenvalue weighted by molar-refractivity contribution is 5.84. The smallest absolute Gasteiger partial charge is 0.422 e. The quantitative estimate of drug-likeness (QED) is 0.657. The molecule has 1 rings (SSSR count). The van der Waals surface area contributed by atoms with E-state index in [2.05, 4.69) is 0 Å². The van der Waals surface area contributed by atoms with E-state index in [0.29, 0.717) is 6.92 Å². The zero-order valence-corrected chi connectivity index (χ0v) is 10.5. The molecule has 0 aliphatic heterocycles. The maximum atomic E-state index is 12.9. The monoisotopic (exact) mass is 292 g/mol. The summed E-state index contributed by atoms with van der Waals surface area (Å²) in [6.45, 7) is 1.86. The van der Waals surface area contributed by atoms with Crippen LogP contribution in [0.25, 0.3) is 0 Å². The number of carboxylic acids is 1. The molecule has 2 N–H and O–H groups in total. The summed E-state index contributed by atoms with van der Waals surface area (Å²) in [4.78, 5) is 20.7. The maximum absolute atomic E-state index is 12.9. The van der Waals surface area contributed by atoms with Crippen LogP contribution in [0.2, 0.25) is 0 Å². The summed E-state index contributed by atoms with van der Waals surface area (Å²) < 4.78 is 38.6. The highest BCUT2D eigenvalue weighted by Crippen LogP contribution is 2.35. The van der Waals surface area contributed by atoms with Gasteiger partial charge in [-0.15, -0.1) is 0 Å². The summed E-state index contributed by atoms with van der Waals surface area (Å²) in [6.07, 6.45) is -5.07. The predicted octanol–water partition coefficient (Wildman–Crippen LogP) is 2.72. The van der Waals surface area contributed by atoms with Crippen molar-refractivity contribution in [1.29, 1.82) is 0 Å². The van der Waals surface area contributed by atoms with E-state index in [0.717, 1.165) is 12.1 Å². The summed E-state index contributed by atoms with van der Waals surface area (Å²) >= 11 is 0. The molecule has 9 heteroatoms. The second kappa shape index (κ2) is 4.99. The molecule has 0 fully saturated rings. The van der Waals surface area contributed by atoms with Crippen molar-refractivity contribution in [3.63, 3.8) is 0 Å². The van der Waals surface area contributed by atoms with Gasteiger partial charge in [0.2, 0.25) is 5.54 Å². The Labute approximate surface area is 111 Å². The van der Waals surface area contributed by atoms with Crippen molar-refractivity contribution in [2.45, 2.75) is 25.6 Å². The van der Waals surface area contributed by atoms with Gasteiger partial charge >= 0.3 is 12.1 Å². The number of nitrogens with one attached hydrogen (secondary N) is 1. The fraction of sp³-hybridized carbons (Fsp3) is 0.364. The first-order valence-corrected chi connectivity index (χ1v) is 5.32. The second-order valence-electron chi connectivity index (χ2n) is 4.31. The van der Waals surface area contributed by atoms with Gasteiger partial charge < -0.3 is 10.4 Å². The molecule has 1 aromatic carbocycles. The Morgan fingerprint density at radius 2 is 1.95 bits per heavy atom. The molecular weight excluding hydrogens is 281 g/mol. The molecule has 0 amide bonds. The number of non-ortho nitro benzene ring substituents is 1. The lowest BCUT2D eigenvalue weighted by Gasteiger charge is -2.30. The van der Waals surface area contributed by atoms with Crippen LogP contribution < -0.4 is 5.32 Å². The van der Waals surface area contributed by atoms with Crippen LogP contribution >= 0.6 is 0 Å². The van der Waals surface area contributed by atoms with Gasteiger partial charge in [0.05, 0.1) is 4.92 Å². The molecule has 1 atom stereocenters. The van der Waals surface area contributed by atoms with Crippen molar-refractivity contribution in [2.75, 3.05) is 5.32 Å². The molecule has 0 radical (unpaired) electrons. The van der Waals surface area contributed by atoms with Crippen LogP contribution in [0.5, 0.6) is 0 Å². The van der Waals surface area contributed by atoms with Gasteiger partial charge in [0.15, 0.2) is 0 Å². The van der Waals surface area contributed by atoms with Crippen LogP contribution in [0.15, 0.2) is 18.2 Å². The molecule has 1 aromatic rings. The molecule has 110 valence electrons. The van der Waals surface area contributed by atoms with Crippen LogP contribution in [-0.4, -0.2) is 27.7 Å². The topological polar surface area (TPSA) is 92.5 Å². The maximum Gasteiger partial charge on any atom is 0.422 e. The van der Waals surface area contributed by atoms with Gasteiger partial charge in [-0.25, -0.2) is 4.79 Å². The van der Waals surface area contributed by atoms with E-state index in [9.17, 15) is 28.1 Å². The first-order valence-electron chi connectivity index (χ1n) is 5.32. The Hall–Kier alpha value is -2.32. The molecule has 0 spiro atoms. The van der Waals surface area contributed by atoms with E-state index in [1.54, 1.807) is 0 Å². The molecular formula is C11H11F3N2O4. The summed E-state index contributed by atoms with van der Waals surface area (Å²) in [7, 11) is 0. The number of nitrogens with zero attached hydrogens (tertiary/aromatic N) is 1. The molecule has 0 bridgehead atoms. The summed E-state index contributed by atoms with van der Waals surface area (Å²) in [5, 5.41) is 21.2. The van der Waals surface area contributed by atoms with Gasteiger partial charge in [0.1, 0.15) is 0 Å². The average Bonchev–Trinajstić information content (AvgIpc) is 2.29. The molecule has 0 saturated heterocycles. The summed E-state index contributed by atoms with van der Waals surface area (Å²) in [5.74, 6) is -2.13. The Bertz CT molecular complexity index is 559. The van der Waals surface area contributed by atoms with Gasteiger partial charge in [-0.1, -0.05) is 6.07 Å². The number of alkyl halides is 3. The lowest BCUT2D eigenvalue weighted by Crippen LogP contribution is -2.55. The molecule has 0 aliphatic rings. The third-order valence-electron chi connectivity index (χ3n) is 2.81. The Balaban J connectivity index is 3.29. The lowest BCUT2D eigenvalue weighted by atomic mass is 10.0. The number of aliphatic carboxylic acids is 1. The van der Waals surface area contributed by atoms with Crippen molar-refractivity contribution >= 4 is 17.3 Å². The van der Waals surface area contributed by atoms with Crippen LogP contribution in [-0.2, 0) is 4.79 Å². The minimum Gasteiger partial charge on any atom is -0.479 e. The number of benzene rings is 1. The number of halogens is 3. The third kappa shape index (κ3) is 2.81. The first-order chi connectivity index (χ1) is 8.99. The minimum absolute atomic E-state index is 0.257. The second-order valence-corrected chi connectivity index (χ2v) is 4.31. The van der Waals surface area contributed by atoms with E-state index in [4.69, 9.17) is 5.11 Å². The Morgan fingerprint density at radius 1 is 1.40 bits per heavy atom. The average molecular weight is 292 g/mol. The predicted molar refractivity (Wildman–Crippen MR) is 63.6 cm³/mol. The number of aryl methyl sites for hydroxylation is 1. The number of anilines is 1. The van der Waals surface area contributed by atoms with E-state index in [-0.39, 0.29) is 11.3 Å². The van der Waals surface area contributed by atoms with E-state index in [1.807, 2.05) is 5.32 Å². The van der Waals surface area contributed by atoms with Crippen molar-refractivity contribution in [2.24, 2.45) is 0 Å². The fourth-order valence-electron chi connectivity index (χ4n) is 1.37. The number of carboxylic acid groups (broad SMARTS) is 1. The van der Waals surface area contributed by atoms with Gasteiger partial charge in [-0.2, -0.15) is 13.2 Å². The lowest BCUT2D eigenvalue weighted by molar-refractivity contribution is -0.384. The number of carbonyl (C=O) groups is 1. The fourth-order valence-corrected chi connectivity index (χ4v) is 1.37. The third-order valence-corrected chi connectivity index (χ3v) is 2.81. The highest BCUT2D eigenvalue weighted by atomic mass is 19.4. The van der Waals surface area contributed by atoms with Crippen LogP contribution in [0.4, 0.5) is 24.5 Å². The largest absolute Gasteiger partial charge is 0.479 e. The van der Waals surface area contributed by atoms with Gasteiger partial charge in [-0.3, -0.25) is 10.1 Å². The van der Waals surface area contributed by atoms with Crippen molar-refractivity contribution in [1.82, 2.24) is 0 Å². The Kier molecular flexibility index (Phi) is 3.92. The Morgan fingerprint density at radius 3 is 2.35 bits per heavy atom. The molecule has 0 aliphatic carbocycles. The van der Waals surface area contributed by atoms with E-state index in [1.165, 1.54) is 13.0 Å². The standard InChI is InChI=1S/C11H11F3N2O4/c1-6-3-4-7(16(19)20)5-8(6)15-10(2,9(17)18)11(12,13)14/h3-5,15H,1-2H3,(H,17,18). The van der Waals surface area contributed by atoms with Gasteiger partial charge in [0.25, 0.3) is 5.69 Å². The first kappa shape index (κ1) is 15.7. The molecule has 20 heavy (non-hydrogen) atoms. The van der Waals surface area contributed by atoms with E-state index < -0.39 is 28.3 Å². The summed E-state index contributed by atoms with van der Waals surface area (Å²) in [6, 6.07) is 3.22. The van der Waals surface area contributed by atoms with Crippen molar-refractivity contribution in [3.05, 3.63) is 33.9 Å². The van der Waals surface area contributed by atoms with Crippen molar-refractivity contribution in [3.8, 4) is 0 Å². The number of rotatable bonds is 4. The summed E-state index contributed by atoms with van der Waals surface area (Å²) in [5.41, 5.74) is -3.69. The highest BCUT2D eigenvalue weighted by Gasteiger charge is 2.57. The molecule has 0 saturated carbocycles. The van der Waals surface area contributed by atoms with Crippen molar-refractivity contribution < 1.29 is 28.0 Å². The zero-order valence-electron chi connectivity index (χ0n) is 10.5. The van der Waals surface area contributed by atoms with Crippen LogP contribution in [0.1, 0.15) is 12.5 Å².